The van der Waals surface area contributed by atoms with Gasteiger partial charge in [0.2, 0.25) is 15.9 Å². The molecule has 2 aromatic carbocycles. The normalized spacial score (nSPS) is 15.1. The van der Waals surface area contributed by atoms with E-state index in [1.54, 1.807) is 41.6 Å². The third-order valence-electron chi connectivity index (χ3n) is 5.24. The molecule has 0 unspecified atom stereocenters. The summed E-state index contributed by atoms with van der Waals surface area (Å²) in [5.74, 6) is 0.726. The van der Waals surface area contributed by atoms with Crippen LogP contribution in [0.15, 0.2) is 47.4 Å². The number of hydrogen-bond acceptors (Lipinski definition) is 5. The topological polar surface area (TPSA) is 90.3 Å². The van der Waals surface area contributed by atoms with Crippen molar-refractivity contribution in [3.05, 3.63) is 59.2 Å². The highest BCUT2D eigenvalue weighted by Crippen LogP contribution is 2.26. The first-order chi connectivity index (χ1) is 14.9. The van der Waals surface area contributed by atoms with E-state index in [0.717, 1.165) is 31.2 Å². The number of carbonyl (C=O) groups is 1. The Hall–Kier alpha value is -2.34. The van der Waals surface area contributed by atoms with Gasteiger partial charge in [0.15, 0.2) is 0 Å². The van der Waals surface area contributed by atoms with Crippen LogP contribution in [0.25, 0.3) is 0 Å². The van der Waals surface area contributed by atoms with E-state index >= 15 is 0 Å². The number of benzene rings is 2. The number of nitrogens with zero attached hydrogens (tertiary/aromatic N) is 2. The van der Waals surface area contributed by atoms with Gasteiger partial charge >= 0.3 is 0 Å². The average Bonchev–Trinajstić information content (AvgIpc) is 3.06. The summed E-state index contributed by atoms with van der Waals surface area (Å²) in [5.41, 5.74) is 2.81. The Morgan fingerprint density at radius 2 is 1.77 bits per heavy atom. The van der Waals surface area contributed by atoms with Crippen molar-refractivity contribution >= 4 is 33.4 Å². The molecule has 1 fully saturated rings. The molecule has 1 N–H and O–H groups in total. The maximum atomic E-state index is 13.2. The lowest BCUT2D eigenvalue weighted by Gasteiger charge is -2.21. The van der Waals surface area contributed by atoms with Crippen molar-refractivity contribution < 1.29 is 13.2 Å². The maximum absolute atomic E-state index is 13.2. The van der Waals surface area contributed by atoms with E-state index in [1.807, 2.05) is 12.1 Å². The van der Waals surface area contributed by atoms with Crippen LogP contribution >= 0.6 is 11.8 Å². The first-order valence-electron chi connectivity index (χ1n) is 10.4. The Bertz CT molecular complexity index is 1050. The molecule has 1 saturated heterocycles. The van der Waals surface area contributed by atoms with Crippen molar-refractivity contribution in [3.8, 4) is 6.07 Å². The highest BCUT2D eigenvalue weighted by molar-refractivity contribution is 7.99. The minimum Gasteiger partial charge on any atom is -0.325 e. The first-order valence-corrected chi connectivity index (χ1v) is 13.0. The van der Waals surface area contributed by atoms with Crippen LogP contribution in [0.4, 0.5) is 5.69 Å². The van der Waals surface area contributed by atoms with Crippen LogP contribution < -0.4 is 5.32 Å². The number of nitriles is 1. The number of thioether (sulfide) groups is 1. The van der Waals surface area contributed by atoms with Crippen LogP contribution in [0, 0.1) is 18.3 Å². The molecule has 0 bridgehead atoms. The molecule has 0 aromatic heterocycles. The van der Waals surface area contributed by atoms with Crippen molar-refractivity contribution in [2.24, 2.45) is 0 Å². The molecule has 0 atom stereocenters. The predicted molar refractivity (Wildman–Crippen MR) is 124 cm³/mol. The van der Waals surface area contributed by atoms with Crippen LogP contribution in [0.5, 0.6) is 0 Å². The Kier molecular flexibility index (Phi) is 8.13. The van der Waals surface area contributed by atoms with E-state index in [2.05, 4.69) is 11.4 Å². The third kappa shape index (κ3) is 6.33. The molecule has 0 aliphatic carbocycles. The number of anilines is 1. The summed E-state index contributed by atoms with van der Waals surface area (Å²) in [4.78, 5) is 12.6. The van der Waals surface area contributed by atoms with Gasteiger partial charge in [-0.25, -0.2) is 8.42 Å². The van der Waals surface area contributed by atoms with Gasteiger partial charge in [0, 0.05) is 24.5 Å². The van der Waals surface area contributed by atoms with E-state index in [0.29, 0.717) is 35.7 Å². The summed E-state index contributed by atoms with van der Waals surface area (Å²) in [6.45, 7) is 2.87. The molecular weight excluding hydrogens is 430 g/mol. The van der Waals surface area contributed by atoms with E-state index in [4.69, 9.17) is 5.26 Å². The van der Waals surface area contributed by atoms with Crippen molar-refractivity contribution in [1.29, 1.82) is 5.26 Å². The largest absolute Gasteiger partial charge is 0.325 e. The monoisotopic (exact) mass is 457 g/mol. The van der Waals surface area contributed by atoms with Crippen LogP contribution in [0.1, 0.15) is 42.4 Å². The van der Waals surface area contributed by atoms with Crippen LogP contribution in [0.3, 0.4) is 0 Å². The molecule has 2 aromatic rings. The highest BCUT2D eigenvalue weighted by Gasteiger charge is 2.27. The minimum atomic E-state index is -3.58. The number of rotatable bonds is 7. The fraction of sp³-hybridized carbons (Fsp3) is 0.391. The molecule has 8 heteroatoms. The molecule has 1 aliphatic heterocycles. The zero-order valence-electron chi connectivity index (χ0n) is 17.6. The van der Waals surface area contributed by atoms with Gasteiger partial charge in [0.1, 0.15) is 0 Å². The number of hydrogen-bond donors (Lipinski definition) is 1. The van der Waals surface area contributed by atoms with Gasteiger partial charge in [0.25, 0.3) is 0 Å². The fourth-order valence-corrected chi connectivity index (χ4v) is 6.07. The zero-order valence-corrected chi connectivity index (χ0v) is 19.3. The molecule has 164 valence electrons. The fourth-order valence-electron chi connectivity index (χ4n) is 3.51. The number of nitrogens with one attached hydrogen (secondary N) is 1. The van der Waals surface area contributed by atoms with Crippen LogP contribution in [0.2, 0.25) is 0 Å². The van der Waals surface area contributed by atoms with Gasteiger partial charge in [-0.1, -0.05) is 31.0 Å². The Balaban J connectivity index is 1.61. The third-order valence-corrected chi connectivity index (χ3v) is 8.28. The van der Waals surface area contributed by atoms with Crippen molar-refractivity contribution in [3.63, 3.8) is 0 Å². The van der Waals surface area contributed by atoms with E-state index in [1.165, 1.54) is 11.8 Å². The summed E-state index contributed by atoms with van der Waals surface area (Å²) in [6.07, 6.45) is 3.87. The number of amides is 1. The van der Waals surface area contributed by atoms with Crippen molar-refractivity contribution in [2.75, 3.05) is 24.2 Å². The SMILES string of the molecule is Cc1ccc(NC(=O)CSCc2ccc(C#N)cc2)cc1S(=O)(=O)N1CCCCCC1. The lowest BCUT2D eigenvalue weighted by atomic mass is 10.2. The molecule has 31 heavy (non-hydrogen) atoms. The highest BCUT2D eigenvalue weighted by atomic mass is 32.2. The average molecular weight is 458 g/mol. The van der Waals surface area contributed by atoms with Crippen LogP contribution in [-0.4, -0.2) is 37.5 Å². The standard InChI is InChI=1S/C23H27N3O3S2/c1-18-6-11-21(14-22(18)31(28,29)26-12-4-2-3-5-13-26)25-23(27)17-30-16-20-9-7-19(15-24)8-10-20/h6-11,14H,2-5,12-13,16-17H2,1H3,(H,25,27). The second kappa shape index (κ2) is 10.8. The second-order valence-corrected chi connectivity index (χ2v) is 10.5. The van der Waals surface area contributed by atoms with E-state index in [-0.39, 0.29) is 16.6 Å². The lowest BCUT2D eigenvalue weighted by Crippen LogP contribution is -2.32. The molecule has 1 aliphatic rings. The van der Waals surface area contributed by atoms with Gasteiger partial charge in [-0.3, -0.25) is 4.79 Å². The smallest absolute Gasteiger partial charge is 0.243 e. The van der Waals surface area contributed by atoms with Gasteiger partial charge < -0.3 is 5.32 Å². The molecule has 0 spiro atoms. The summed E-state index contributed by atoms with van der Waals surface area (Å²) in [5, 5.41) is 11.7. The molecule has 0 saturated carbocycles. The molecule has 6 nitrogen and oxygen atoms in total. The zero-order chi connectivity index (χ0) is 22.3. The second-order valence-electron chi connectivity index (χ2n) is 7.65. The van der Waals surface area contributed by atoms with Gasteiger partial charge in [-0.05, 0) is 55.2 Å². The van der Waals surface area contributed by atoms with Crippen molar-refractivity contribution in [2.45, 2.75) is 43.3 Å². The number of sulfonamides is 1. The van der Waals surface area contributed by atoms with E-state index in [9.17, 15) is 13.2 Å². The lowest BCUT2D eigenvalue weighted by molar-refractivity contribution is -0.113. The van der Waals surface area contributed by atoms with Crippen LogP contribution in [-0.2, 0) is 20.6 Å². The Morgan fingerprint density at radius 3 is 2.42 bits per heavy atom. The molecular formula is C23H27N3O3S2. The quantitative estimate of drug-likeness (QED) is 0.669. The molecule has 0 radical (unpaired) electrons. The van der Waals surface area contributed by atoms with Gasteiger partial charge in [0.05, 0.1) is 22.3 Å². The Labute approximate surface area is 188 Å². The van der Waals surface area contributed by atoms with Crippen molar-refractivity contribution in [1.82, 2.24) is 4.31 Å². The summed E-state index contributed by atoms with van der Waals surface area (Å²) in [7, 11) is -3.58. The maximum Gasteiger partial charge on any atom is 0.243 e. The van der Waals surface area contributed by atoms with E-state index < -0.39 is 10.0 Å². The first kappa shape index (κ1) is 23.3. The minimum absolute atomic E-state index is 0.180. The predicted octanol–water partition coefficient (Wildman–Crippen LogP) is 4.30. The summed E-state index contributed by atoms with van der Waals surface area (Å²) < 4.78 is 27.9. The summed E-state index contributed by atoms with van der Waals surface area (Å²) >= 11 is 1.46. The molecule has 1 heterocycles. The van der Waals surface area contributed by atoms with Gasteiger partial charge in [-0.15, -0.1) is 11.8 Å². The molecule has 1 amide bonds. The van der Waals surface area contributed by atoms with Gasteiger partial charge in [-0.2, -0.15) is 9.57 Å². The number of carbonyl (C=O) groups excluding carboxylic acids is 1. The Morgan fingerprint density at radius 1 is 1.10 bits per heavy atom. The molecule has 3 rings (SSSR count). The summed E-state index contributed by atoms with van der Waals surface area (Å²) in [6, 6.07) is 14.4. The number of aryl methyl sites for hydroxylation is 1.